The fourth-order valence-electron chi connectivity index (χ4n) is 2.94. The Hall–Kier alpha value is -3.61. The number of anilines is 1. The van der Waals surface area contributed by atoms with Crippen molar-refractivity contribution in [2.75, 3.05) is 18.7 Å². The van der Waals surface area contributed by atoms with Gasteiger partial charge in [0, 0.05) is 27.6 Å². The predicted octanol–water partition coefficient (Wildman–Crippen LogP) is 4.87. The van der Waals surface area contributed by atoms with Crippen molar-refractivity contribution in [3.05, 3.63) is 64.9 Å². The maximum atomic E-state index is 14.0. The fraction of sp³-hybridized carbons (Fsp3) is 0.190. The van der Waals surface area contributed by atoms with Crippen LogP contribution in [0, 0.1) is 18.6 Å². The van der Waals surface area contributed by atoms with Crippen molar-refractivity contribution >= 4 is 22.4 Å². The van der Waals surface area contributed by atoms with Crippen LogP contribution in [0.15, 0.2) is 41.3 Å². The molecule has 0 saturated carbocycles. The fourth-order valence-corrected chi connectivity index (χ4v) is 3.51. The molecule has 0 unspecified atom stereocenters. The van der Waals surface area contributed by atoms with Crippen LogP contribution in [0.5, 0.6) is 17.4 Å². The zero-order chi connectivity index (χ0) is 25.2. The smallest absolute Gasteiger partial charge is 0.435 e. The van der Waals surface area contributed by atoms with Crippen LogP contribution in [0.2, 0.25) is 0 Å². The van der Waals surface area contributed by atoms with Gasteiger partial charge in [-0.25, -0.2) is 4.39 Å². The standard InChI is InChI=1S/C21H16F5N3O4S/c1-10-15(19(30)27-11-5-4-6-12(9-11)34(3)31)20(29-28-18(10)21(24,25)26)33-14-8-7-13(22)16(23)17(14)32-2/h4-9H,1-3H3,(H,27,30)/t34-/m0/s1. The second-order valence-corrected chi connectivity index (χ2v) is 8.16. The molecule has 1 aromatic heterocycles. The number of rotatable bonds is 6. The summed E-state index contributed by atoms with van der Waals surface area (Å²) < 4.78 is 89.6. The van der Waals surface area contributed by atoms with Gasteiger partial charge in [0.25, 0.3) is 11.8 Å². The topological polar surface area (TPSA) is 90.4 Å². The first-order valence-corrected chi connectivity index (χ1v) is 10.9. The van der Waals surface area contributed by atoms with Gasteiger partial charge < -0.3 is 14.8 Å². The molecule has 1 N–H and O–H groups in total. The Morgan fingerprint density at radius 2 is 1.82 bits per heavy atom. The molecule has 2 aromatic carbocycles. The average Bonchev–Trinajstić information content (AvgIpc) is 2.76. The molecule has 0 aliphatic carbocycles. The van der Waals surface area contributed by atoms with Gasteiger partial charge in [-0.3, -0.25) is 9.00 Å². The summed E-state index contributed by atoms with van der Waals surface area (Å²) in [5, 5.41) is 8.86. The number of carbonyl (C=O) groups is 1. The second-order valence-electron chi connectivity index (χ2n) is 6.78. The highest BCUT2D eigenvalue weighted by atomic mass is 32.2. The summed E-state index contributed by atoms with van der Waals surface area (Å²) in [7, 11) is -0.364. The van der Waals surface area contributed by atoms with Crippen molar-refractivity contribution < 1.29 is 40.4 Å². The normalized spacial score (nSPS) is 12.2. The van der Waals surface area contributed by atoms with Crippen molar-refractivity contribution in [3.63, 3.8) is 0 Å². The highest BCUT2D eigenvalue weighted by molar-refractivity contribution is 7.84. The molecule has 1 amide bonds. The van der Waals surface area contributed by atoms with Crippen molar-refractivity contribution in [2.24, 2.45) is 0 Å². The third kappa shape index (κ3) is 5.14. The van der Waals surface area contributed by atoms with Crippen molar-refractivity contribution in [3.8, 4) is 17.4 Å². The lowest BCUT2D eigenvalue weighted by Crippen LogP contribution is -2.21. The Morgan fingerprint density at radius 1 is 1.12 bits per heavy atom. The molecule has 0 aliphatic rings. The first-order valence-electron chi connectivity index (χ1n) is 9.33. The third-order valence-electron chi connectivity index (χ3n) is 4.53. The summed E-state index contributed by atoms with van der Waals surface area (Å²) in [5.74, 6) is -5.58. The lowest BCUT2D eigenvalue weighted by molar-refractivity contribution is -0.142. The highest BCUT2D eigenvalue weighted by Crippen LogP contribution is 2.38. The number of ether oxygens (including phenoxy) is 2. The molecule has 0 aliphatic heterocycles. The molecular weight excluding hydrogens is 485 g/mol. The summed E-state index contributed by atoms with van der Waals surface area (Å²) in [6.07, 6.45) is -3.53. The SMILES string of the molecule is COc1c(Oc2nnc(C(F)(F)F)c(C)c2C(=O)Nc2cccc([S@](C)=O)c2)ccc(F)c1F. The Kier molecular flexibility index (Phi) is 7.15. The Labute approximate surface area is 192 Å². The van der Waals surface area contributed by atoms with E-state index in [-0.39, 0.29) is 5.69 Å². The van der Waals surface area contributed by atoms with E-state index in [4.69, 9.17) is 9.47 Å². The highest BCUT2D eigenvalue weighted by Gasteiger charge is 2.38. The minimum absolute atomic E-state index is 0.138. The molecule has 13 heteroatoms. The number of carbonyl (C=O) groups excluding carboxylic acids is 1. The van der Waals surface area contributed by atoms with E-state index in [9.17, 15) is 31.0 Å². The lowest BCUT2D eigenvalue weighted by atomic mass is 10.1. The van der Waals surface area contributed by atoms with Crippen LogP contribution < -0.4 is 14.8 Å². The monoisotopic (exact) mass is 501 g/mol. The van der Waals surface area contributed by atoms with E-state index in [0.29, 0.717) is 11.0 Å². The van der Waals surface area contributed by atoms with Crippen molar-refractivity contribution in [1.29, 1.82) is 0 Å². The maximum absolute atomic E-state index is 14.0. The average molecular weight is 501 g/mol. The van der Waals surface area contributed by atoms with E-state index in [1.165, 1.54) is 30.5 Å². The number of methoxy groups -OCH3 is 1. The van der Waals surface area contributed by atoms with Crippen molar-refractivity contribution in [2.45, 2.75) is 18.0 Å². The summed E-state index contributed by atoms with van der Waals surface area (Å²) in [5.41, 5.74) is -2.58. The maximum Gasteiger partial charge on any atom is 0.435 e. The Bertz CT molecular complexity index is 1280. The molecule has 0 radical (unpaired) electrons. The number of amides is 1. The van der Waals surface area contributed by atoms with Gasteiger partial charge in [0.1, 0.15) is 5.56 Å². The zero-order valence-corrected chi connectivity index (χ0v) is 18.6. The molecule has 0 fully saturated rings. The number of benzene rings is 2. The molecule has 3 rings (SSSR count). The van der Waals surface area contributed by atoms with Gasteiger partial charge in [-0.05, 0) is 42.8 Å². The molecule has 34 heavy (non-hydrogen) atoms. The van der Waals surface area contributed by atoms with E-state index in [1.807, 2.05) is 0 Å². The van der Waals surface area contributed by atoms with Gasteiger partial charge in [0.2, 0.25) is 11.6 Å². The van der Waals surface area contributed by atoms with E-state index in [0.717, 1.165) is 20.1 Å². The number of hydrogen-bond acceptors (Lipinski definition) is 6. The van der Waals surface area contributed by atoms with E-state index in [1.54, 1.807) is 0 Å². The summed E-state index contributed by atoms with van der Waals surface area (Å²) in [4.78, 5) is 13.4. The van der Waals surface area contributed by atoms with Gasteiger partial charge in [0.15, 0.2) is 17.3 Å². The van der Waals surface area contributed by atoms with Crippen LogP contribution in [0.3, 0.4) is 0 Å². The summed E-state index contributed by atoms with van der Waals surface area (Å²) >= 11 is 0. The quantitative estimate of drug-likeness (QED) is 0.485. The number of aromatic nitrogens is 2. The first-order chi connectivity index (χ1) is 15.9. The Balaban J connectivity index is 2.11. The number of hydrogen-bond donors (Lipinski definition) is 1. The predicted molar refractivity (Wildman–Crippen MR) is 111 cm³/mol. The van der Waals surface area contributed by atoms with Gasteiger partial charge in [-0.2, -0.15) is 17.6 Å². The van der Waals surface area contributed by atoms with Crippen LogP contribution in [0.1, 0.15) is 21.6 Å². The van der Waals surface area contributed by atoms with E-state index in [2.05, 4.69) is 15.5 Å². The molecule has 0 bridgehead atoms. The van der Waals surface area contributed by atoms with E-state index < -0.39 is 68.7 Å². The van der Waals surface area contributed by atoms with Crippen LogP contribution in [-0.2, 0) is 17.0 Å². The number of halogens is 5. The summed E-state index contributed by atoms with van der Waals surface area (Å²) in [6.45, 7) is 0.985. The third-order valence-corrected chi connectivity index (χ3v) is 5.45. The molecule has 1 heterocycles. The minimum Gasteiger partial charge on any atom is -0.490 e. The van der Waals surface area contributed by atoms with Gasteiger partial charge in [-0.1, -0.05) is 6.07 Å². The lowest BCUT2D eigenvalue weighted by Gasteiger charge is -2.17. The van der Waals surface area contributed by atoms with Crippen molar-refractivity contribution in [1.82, 2.24) is 10.2 Å². The van der Waals surface area contributed by atoms with Crippen LogP contribution >= 0.6 is 0 Å². The Morgan fingerprint density at radius 3 is 2.44 bits per heavy atom. The zero-order valence-electron chi connectivity index (χ0n) is 17.8. The molecule has 180 valence electrons. The molecule has 0 spiro atoms. The van der Waals surface area contributed by atoms with Crippen LogP contribution in [-0.4, -0.2) is 33.7 Å². The van der Waals surface area contributed by atoms with Crippen LogP contribution in [0.25, 0.3) is 0 Å². The van der Waals surface area contributed by atoms with E-state index >= 15 is 0 Å². The molecule has 3 aromatic rings. The largest absolute Gasteiger partial charge is 0.490 e. The molecular formula is C21H16F5N3O4S. The molecule has 1 atom stereocenters. The minimum atomic E-state index is -4.94. The van der Waals surface area contributed by atoms with Gasteiger partial charge in [0.05, 0.1) is 7.11 Å². The van der Waals surface area contributed by atoms with Crippen LogP contribution in [0.4, 0.5) is 27.6 Å². The number of nitrogens with one attached hydrogen (secondary N) is 1. The first kappa shape index (κ1) is 25.0. The second kappa shape index (κ2) is 9.71. The number of alkyl halides is 3. The molecule has 7 nitrogen and oxygen atoms in total. The van der Waals surface area contributed by atoms with Gasteiger partial charge in [-0.15, -0.1) is 10.2 Å². The molecule has 0 saturated heterocycles. The number of nitrogens with zero attached hydrogens (tertiary/aromatic N) is 2. The van der Waals surface area contributed by atoms with Gasteiger partial charge >= 0.3 is 6.18 Å². The summed E-state index contributed by atoms with van der Waals surface area (Å²) in [6, 6.07) is 7.50.